The van der Waals surface area contributed by atoms with Crippen LogP contribution in [0.5, 0.6) is 0 Å². The minimum Gasteiger partial charge on any atom is -0.325 e. The zero-order valence-corrected chi connectivity index (χ0v) is 17.2. The maximum absolute atomic E-state index is 12.1. The highest BCUT2D eigenvalue weighted by Crippen LogP contribution is 2.28. The summed E-state index contributed by atoms with van der Waals surface area (Å²) in [6, 6.07) is 7.08. The van der Waals surface area contributed by atoms with Crippen LogP contribution in [0.2, 0.25) is 0 Å². The van der Waals surface area contributed by atoms with Gasteiger partial charge in [0.2, 0.25) is 11.1 Å². The number of carbonyl (C=O) groups is 2. The first-order valence-electron chi connectivity index (χ1n) is 10.1. The molecule has 2 aromatic rings. The van der Waals surface area contributed by atoms with Gasteiger partial charge in [-0.15, -0.1) is 5.10 Å². The number of hydrogen-bond donors (Lipinski definition) is 2. The van der Waals surface area contributed by atoms with E-state index in [1.165, 1.54) is 39.0 Å². The van der Waals surface area contributed by atoms with Crippen molar-refractivity contribution in [3.8, 4) is 0 Å². The van der Waals surface area contributed by atoms with E-state index in [1.54, 1.807) is 30.0 Å². The first kappa shape index (κ1) is 20.6. The molecule has 1 aliphatic rings. The van der Waals surface area contributed by atoms with E-state index in [9.17, 15) is 9.59 Å². The van der Waals surface area contributed by atoms with Gasteiger partial charge in [0.25, 0.3) is 0 Å². The van der Waals surface area contributed by atoms with Crippen molar-refractivity contribution in [2.75, 3.05) is 11.1 Å². The van der Waals surface area contributed by atoms with Crippen molar-refractivity contribution in [1.29, 1.82) is 0 Å². The lowest BCUT2D eigenvalue weighted by molar-refractivity contribution is -0.116. The number of nitrogens with zero attached hydrogens (tertiary/aromatic N) is 2. The van der Waals surface area contributed by atoms with Crippen LogP contribution >= 0.6 is 11.8 Å². The molecular formula is C21H28N4O2S. The summed E-state index contributed by atoms with van der Waals surface area (Å²) >= 11 is 1.57. The van der Waals surface area contributed by atoms with Gasteiger partial charge in [0.15, 0.2) is 5.78 Å². The Morgan fingerprint density at radius 3 is 2.82 bits per heavy atom. The predicted molar refractivity (Wildman–Crippen MR) is 112 cm³/mol. The Bertz CT molecular complexity index is 799. The van der Waals surface area contributed by atoms with Gasteiger partial charge in [-0.3, -0.25) is 14.7 Å². The molecule has 7 heteroatoms. The smallest absolute Gasteiger partial charge is 0.224 e. The van der Waals surface area contributed by atoms with Crippen LogP contribution in [0.15, 0.2) is 29.4 Å². The molecule has 0 unspecified atom stereocenters. The number of nitrogens with one attached hydrogen (secondary N) is 2. The fourth-order valence-electron chi connectivity index (χ4n) is 3.60. The van der Waals surface area contributed by atoms with E-state index in [0.717, 1.165) is 35.5 Å². The Morgan fingerprint density at radius 1 is 1.25 bits per heavy atom. The van der Waals surface area contributed by atoms with E-state index in [2.05, 4.69) is 20.5 Å². The van der Waals surface area contributed by atoms with Gasteiger partial charge < -0.3 is 5.32 Å². The van der Waals surface area contributed by atoms with Crippen molar-refractivity contribution in [3.63, 3.8) is 0 Å². The monoisotopic (exact) mass is 400 g/mol. The second-order valence-electron chi connectivity index (χ2n) is 7.36. The normalized spacial score (nSPS) is 14.3. The molecule has 2 N–H and O–H groups in total. The number of para-hydroxylation sites is 1. The summed E-state index contributed by atoms with van der Waals surface area (Å²) in [7, 11) is 0. The zero-order chi connectivity index (χ0) is 19.8. The number of anilines is 1. The fraction of sp³-hybridized carbons (Fsp3) is 0.524. The Hall–Kier alpha value is -2.15. The van der Waals surface area contributed by atoms with Gasteiger partial charge in [-0.1, -0.05) is 49.6 Å². The van der Waals surface area contributed by atoms with Gasteiger partial charge >= 0.3 is 0 Å². The average molecular weight is 401 g/mol. The van der Waals surface area contributed by atoms with E-state index in [4.69, 9.17) is 0 Å². The first-order chi connectivity index (χ1) is 13.6. The minimum atomic E-state index is -0.0819. The Kier molecular flexibility index (Phi) is 7.65. The van der Waals surface area contributed by atoms with Gasteiger partial charge in [0.1, 0.15) is 5.82 Å². The van der Waals surface area contributed by atoms with Crippen molar-refractivity contribution in [2.24, 2.45) is 5.92 Å². The number of aromatic amines is 1. The molecule has 1 heterocycles. The number of amides is 1. The van der Waals surface area contributed by atoms with Crippen LogP contribution < -0.4 is 5.32 Å². The molecule has 0 bridgehead atoms. The number of ketones is 1. The van der Waals surface area contributed by atoms with E-state index in [-0.39, 0.29) is 11.7 Å². The summed E-state index contributed by atoms with van der Waals surface area (Å²) in [5.74, 6) is 2.46. The molecule has 28 heavy (non-hydrogen) atoms. The lowest BCUT2D eigenvalue weighted by Crippen LogP contribution is -2.14. The highest BCUT2D eigenvalue weighted by Gasteiger charge is 2.15. The molecule has 150 valence electrons. The number of aromatic nitrogens is 3. The Balaban J connectivity index is 1.35. The lowest BCUT2D eigenvalue weighted by Gasteiger charge is -2.08. The maximum atomic E-state index is 12.1. The lowest BCUT2D eigenvalue weighted by atomic mass is 10.0. The van der Waals surface area contributed by atoms with E-state index >= 15 is 0 Å². The molecule has 3 rings (SSSR count). The standard InChI is InChI=1S/C21H28N4O2S/c1-15(26)17-9-4-5-10-18(17)22-20(27)11-6-14-28-21-23-19(24-25-21)13-12-16-7-2-3-8-16/h4-5,9-10,16H,2-3,6-8,11-14H2,1H3,(H,22,27)(H,23,24,25). The topological polar surface area (TPSA) is 87.7 Å². The molecule has 6 nitrogen and oxygen atoms in total. The van der Waals surface area contributed by atoms with E-state index < -0.39 is 0 Å². The van der Waals surface area contributed by atoms with Gasteiger partial charge in [0.05, 0.1) is 5.69 Å². The third kappa shape index (κ3) is 6.19. The van der Waals surface area contributed by atoms with Gasteiger partial charge in [-0.2, -0.15) is 0 Å². The Labute approximate surface area is 170 Å². The second kappa shape index (κ2) is 10.4. The van der Waals surface area contributed by atoms with Crippen molar-refractivity contribution >= 4 is 29.1 Å². The molecule has 1 amide bonds. The number of Topliss-reactive ketones (excluding diaryl/α,β-unsaturated/α-hetero) is 1. The first-order valence-corrected chi connectivity index (χ1v) is 11.0. The largest absolute Gasteiger partial charge is 0.325 e. The number of aryl methyl sites for hydroxylation is 1. The SMILES string of the molecule is CC(=O)c1ccccc1NC(=O)CCCSc1n[nH]c(CCC2CCCC2)n1. The minimum absolute atomic E-state index is 0.0557. The van der Waals surface area contributed by atoms with Crippen molar-refractivity contribution < 1.29 is 9.59 Å². The third-order valence-electron chi connectivity index (χ3n) is 5.14. The third-order valence-corrected chi connectivity index (χ3v) is 6.07. The second-order valence-corrected chi connectivity index (χ2v) is 8.42. The molecule has 1 aromatic carbocycles. The molecule has 0 spiro atoms. The zero-order valence-electron chi connectivity index (χ0n) is 16.4. The maximum Gasteiger partial charge on any atom is 0.224 e. The molecule has 0 atom stereocenters. The number of H-pyrrole nitrogens is 1. The number of benzene rings is 1. The molecular weight excluding hydrogens is 372 g/mol. The average Bonchev–Trinajstić information content (AvgIpc) is 3.35. The number of carbonyl (C=O) groups excluding carboxylic acids is 2. The van der Waals surface area contributed by atoms with Crippen LogP contribution in [0.1, 0.15) is 68.1 Å². The summed E-state index contributed by atoms with van der Waals surface area (Å²) < 4.78 is 0. The predicted octanol–water partition coefficient (Wildman–Crippen LogP) is 4.64. The quantitative estimate of drug-likeness (QED) is 0.345. The molecule has 1 aliphatic carbocycles. The van der Waals surface area contributed by atoms with Crippen molar-refractivity contribution in [1.82, 2.24) is 15.2 Å². The van der Waals surface area contributed by atoms with E-state index in [1.807, 2.05) is 6.07 Å². The number of hydrogen-bond acceptors (Lipinski definition) is 5. The van der Waals surface area contributed by atoms with Crippen molar-refractivity contribution in [2.45, 2.75) is 63.4 Å². The van der Waals surface area contributed by atoms with Crippen LogP contribution in [0.25, 0.3) is 0 Å². The summed E-state index contributed by atoms with van der Waals surface area (Å²) in [4.78, 5) is 28.3. The molecule has 0 aliphatic heterocycles. The summed E-state index contributed by atoms with van der Waals surface area (Å²) in [6.45, 7) is 1.50. The molecule has 1 aromatic heterocycles. The van der Waals surface area contributed by atoms with Crippen molar-refractivity contribution in [3.05, 3.63) is 35.7 Å². The number of thioether (sulfide) groups is 1. The van der Waals surface area contributed by atoms with E-state index in [0.29, 0.717) is 17.7 Å². The Morgan fingerprint density at radius 2 is 2.04 bits per heavy atom. The van der Waals surface area contributed by atoms with Crippen LogP contribution in [0, 0.1) is 5.92 Å². The highest BCUT2D eigenvalue weighted by atomic mass is 32.2. The van der Waals surface area contributed by atoms with Crippen LogP contribution in [0.4, 0.5) is 5.69 Å². The molecule has 1 fully saturated rings. The molecule has 1 saturated carbocycles. The summed E-state index contributed by atoms with van der Waals surface area (Å²) in [5.41, 5.74) is 1.12. The summed E-state index contributed by atoms with van der Waals surface area (Å²) in [6.07, 6.45) is 8.75. The molecule has 0 saturated heterocycles. The number of rotatable bonds is 10. The molecule has 0 radical (unpaired) electrons. The highest BCUT2D eigenvalue weighted by molar-refractivity contribution is 7.99. The van der Waals surface area contributed by atoms with Gasteiger partial charge in [0, 0.05) is 24.2 Å². The van der Waals surface area contributed by atoms with Gasteiger partial charge in [-0.25, -0.2) is 4.98 Å². The summed E-state index contributed by atoms with van der Waals surface area (Å²) in [5, 5.41) is 10.9. The van der Waals surface area contributed by atoms with Crippen LogP contribution in [0.3, 0.4) is 0 Å². The fourth-order valence-corrected chi connectivity index (χ4v) is 4.36. The van der Waals surface area contributed by atoms with Crippen LogP contribution in [-0.2, 0) is 11.2 Å². The van der Waals surface area contributed by atoms with Crippen LogP contribution in [-0.4, -0.2) is 32.6 Å². The van der Waals surface area contributed by atoms with Gasteiger partial charge in [-0.05, 0) is 37.8 Å².